The molecule has 1 aliphatic rings. The minimum atomic E-state index is -0.0688. The third-order valence-corrected chi connectivity index (χ3v) is 15.4. The summed E-state index contributed by atoms with van der Waals surface area (Å²) >= 11 is 0. The van der Waals surface area contributed by atoms with Gasteiger partial charge in [0.2, 0.25) is 5.95 Å². The lowest BCUT2D eigenvalue weighted by Crippen LogP contribution is -2.34. The zero-order chi connectivity index (χ0) is 45.5. The van der Waals surface area contributed by atoms with Crippen molar-refractivity contribution in [2.45, 2.75) is 51.4 Å². The summed E-state index contributed by atoms with van der Waals surface area (Å²) in [5.41, 5.74) is 10.3. The van der Waals surface area contributed by atoms with Gasteiger partial charge in [-0.1, -0.05) is 173 Å². The Hall–Kier alpha value is -8.15. The lowest BCUT2D eigenvalue weighted by atomic mass is 9.62. The summed E-state index contributed by atoms with van der Waals surface area (Å²) in [5, 5.41) is 14.8. The first-order valence-corrected chi connectivity index (χ1v) is 23.9. The Bertz CT molecular complexity index is 4220. The summed E-state index contributed by atoms with van der Waals surface area (Å²) in [6.07, 6.45) is 2.23. The number of hydrogen-bond acceptors (Lipinski definition) is 3. The van der Waals surface area contributed by atoms with Crippen LogP contribution in [0.25, 0.3) is 121 Å². The van der Waals surface area contributed by atoms with Gasteiger partial charge < -0.3 is 4.57 Å². The highest BCUT2D eigenvalue weighted by Gasteiger charge is 2.40. The molecule has 3 heterocycles. The van der Waals surface area contributed by atoms with Crippen molar-refractivity contribution in [1.29, 1.82) is 0 Å². The van der Waals surface area contributed by atoms with Crippen LogP contribution in [-0.2, 0) is 10.8 Å². The van der Waals surface area contributed by atoms with Crippen LogP contribution in [0.2, 0.25) is 0 Å². The van der Waals surface area contributed by atoms with E-state index >= 15 is 0 Å². The molecule has 1 aliphatic carbocycles. The first-order chi connectivity index (χ1) is 33.2. The Kier molecular flexibility index (Phi) is 8.14. The summed E-state index contributed by atoms with van der Waals surface area (Å²) in [6.45, 7) is 9.73. The first kappa shape index (κ1) is 39.1. The van der Waals surface area contributed by atoms with Crippen molar-refractivity contribution in [2.24, 2.45) is 0 Å². The molecule has 0 aliphatic heterocycles. The van der Waals surface area contributed by atoms with Gasteiger partial charge in [-0.3, -0.25) is 4.57 Å². The first-order valence-electron chi connectivity index (χ1n) is 23.9. The average molecular weight is 874 g/mol. The molecule has 0 N–H and O–H groups in total. The Morgan fingerprint density at radius 1 is 0.368 bits per heavy atom. The van der Waals surface area contributed by atoms with Crippen LogP contribution in [0.15, 0.2) is 188 Å². The van der Waals surface area contributed by atoms with Crippen molar-refractivity contribution in [3.63, 3.8) is 0 Å². The van der Waals surface area contributed by atoms with Crippen LogP contribution >= 0.6 is 0 Å². The fourth-order valence-corrected chi connectivity index (χ4v) is 12.0. The van der Waals surface area contributed by atoms with Gasteiger partial charge in [-0.05, 0) is 120 Å². The van der Waals surface area contributed by atoms with Crippen molar-refractivity contribution in [2.75, 3.05) is 0 Å². The summed E-state index contributed by atoms with van der Waals surface area (Å²) in [7, 11) is 0. The second-order valence-corrected chi connectivity index (χ2v) is 20.2. The van der Waals surface area contributed by atoms with Crippen molar-refractivity contribution in [1.82, 2.24) is 24.1 Å². The molecule has 0 spiro atoms. The van der Waals surface area contributed by atoms with E-state index in [0.717, 1.165) is 46.2 Å². The highest BCUT2D eigenvalue weighted by atomic mass is 15.2. The van der Waals surface area contributed by atoms with Gasteiger partial charge in [0.1, 0.15) is 0 Å². The molecule has 10 aromatic carbocycles. The number of hydrogen-bond donors (Lipinski definition) is 0. The number of rotatable bonds is 4. The van der Waals surface area contributed by atoms with E-state index in [1.54, 1.807) is 0 Å². The number of fused-ring (bicyclic) bond motifs is 16. The van der Waals surface area contributed by atoms with Crippen LogP contribution in [-0.4, -0.2) is 24.1 Å². The second-order valence-electron chi connectivity index (χ2n) is 20.2. The smallest absolute Gasteiger partial charge is 0.238 e. The molecule has 324 valence electrons. The predicted octanol–water partition coefficient (Wildman–Crippen LogP) is 16.4. The Balaban J connectivity index is 1.13. The van der Waals surface area contributed by atoms with Gasteiger partial charge in [-0.25, -0.2) is 4.98 Å². The lowest BCUT2D eigenvalue weighted by Gasteiger charge is -2.42. The van der Waals surface area contributed by atoms with Crippen molar-refractivity contribution >= 4 is 86.7 Å². The van der Waals surface area contributed by atoms with E-state index < -0.39 is 0 Å². The van der Waals surface area contributed by atoms with Gasteiger partial charge in [0.25, 0.3) is 0 Å². The SMILES string of the molecule is CC1(C)CCC(C)(C)c2c1ccc1c2c2cc3c4c5ccccc5ccc4n(-c4ccccc4)c3cc2n1-c1nc(-c2ccccc2)nc(-c2ccc3c4ccccc4c4ccccc4c3c2)n1. The molecule has 3 aromatic heterocycles. The summed E-state index contributed by atoms with van der Waals surface area (Å²) in [6, 6.07) is 68.4. The Morgan fingerprint density at radius 3 is 1.63 bits per heavy atom. The van der Waals surface area contributed by atoms with E-state index in [9.17, 15) is 0 Å². The summed E-state index contributed by atoms with van der Waals surface area (Å²) in [5.74, 6) is 1.86. The van der Waals surface area contributed by atoms with Gasteiger partial charge in [0.15, 0.2) is 11.6 Å². The molecule has 0 fully saturated rings. The zero-order valence-electron chi connectivity index (χ0n) is 38.5. The Labute approximate surface area is 394 Å². The topological polar surface area (TPSA) is 48.5 Å². The van der Waals surface area contributed by atoms with Gasteiger partial charge in [-0.2, -0.15) is 9.97 Å². The van der Waals surface area contributed by atoms with Gasteiger partial charge in [-0.15, -0.1) is 0 Å². The average Bonchev–Trinajstić information content (AvgIpc) is 3.89. The van der Waals surface area contributed by atoms with Crippen molar-refractivity contribution in [3.8, 4) is 34.4 Å². The van der Waals surface area contributed by atoms with Gasteiger partial charge >= 0.3 is 0 Å². The molecular weight excluding hydrogens is 827 g/mol. The minimum absolute atomic E-state index is 0.0174. The largest absolute Gasteiger partial charge is 0.309 e. The summed E-state index contributed by atoms with van der Waals surface area (Å²) < 4.78 is 4.78. The molecular formula is C63H47N5. The lowest BCUT2D eigenvalue weighted by molar-refractivity contribution is 0.334. The van der Waals surface area contributed by atoms with Gasteiger partial charge in [0, 0.05) is 38.4 Å². The third-order valence-electron chi connectivity index (χ3n) is 15.4. The van der Waals surface area contributed by atoms with Crippen LogP contribution < -0.4 is 0 Å². The van der Waals surface area contributed by atoms with E-state index in [-0.39, 0.29) is 10.8 Å². The molecule has 0 amide bonds. The van der Waals surface area contributed by atoms with Crippen LogP contribution in [0.3, 0.4) is 0 Å². The van der Waals surface area contributed by atoms with Crippen molar-refractivity contribution in [3.05, 3.63) is 199 Å². The molecule has 5 nitrogen and oxygen atoms in total. The van der Waals surface area contributed by atoms with E-state index in [1.165, 1.54) is 81.3 Å². The molecule has 68 heavy (non-hydrogen) atoms. The maximum absolute atomic E-state index is 5.58. The number of para-hydroxylation sites is 1. The molecule has 0 saturated carbocycles. The normalized spacial score (nSPS) is 14.6. The van der Waals surface area contributed by atoms with Crippen LogP contribution in [0.5, 0.6) is 0 Å². The van der Waals surface area contributed by atoms with Crippen molar-refractivity contribution < 1.29 is 0 Å². The highest BCUT2D eigenvalue weighted by molar-refractivity contribution is 6.27. The molecule has 14 rings (SSSR count). The molecule has 0 unspecified atom stereocenters. The number of nitrogens with zero attached hydrogens (tertiary/aromatic N) is 5. The fraction of sp³-hybridized carbons (Fsp3) is 0.127. The van der Waals surface area contributed by atoms with Gasteiger partial charge in [0.05, 0.1) is 22.1 Å². The van der Waals surface area contributed by atoms with E-state index in [4.69, 9.17) is 15.0 Å². The zero-order valence-corrected chi connectivity index (χ0v) is 38.5. The molecule has 5 heteroatoms. The summed E-state index contributed by atoms with van der Waals surface area (Å²) in [4.78, 5) is 16.4. The highest BCUT2D eigenvalue weighted by Crippen LogP contribution is 2.52. The standard InChI is InChI=1S/C63H47N5/c1-62(2)33-34-63(3,4)58-51(62)30-32-53-57(58)50-36-49-54(67(41-20-9-6-10-21-41)52-31-28-38-17-11-12-22-42(38)56(49)52)37-55(50)68(53)61-65-59(39-18-7-5-8-19-39)64-60(66-61)40-27-29-47-45-25-14-13-23-43(45)44-24-15-16-26-46(44)48(47)35-40/h5-32,35-37H,33-34H2,1-4H3. The monoisotopic (exact) mass is 873 g/mol. The van der Waals surface area contributed by atoms with Crippen LogP contribution in [0, 0.1) is 0 Å². The van der Waals surface area contributed by atoms with Crippen LogP contribution in [0.1, 0.15) is 51.7 Å². The van der Waals surface area contributed by atoms with E-state index in [2.05, 4.69) is 219 Å². The second kappa shape index (κ2) is 14.2. The maximum atomic E-state index is 5.58. The van der Waals surface area contributed by atoms with E-state index in [1.807, 2.05) is 6.07 Å². The number of benzene rings is 10. The predicted molar refractivity (Wildman–Crippen MR) is 285 cm³/mol. The van der Waals surface area contributed by atoms with E-state index in [0.29, 0.717) is 17.6 Å². The third kappa shape index (κ3) is 5.59. The molecule has 0 saturated heterocycles. The molecule has 13 aromatic rings. The molecule has 0 bridgehead atoms. The molecule has 0 radical (unpaired) electrons. The quantitative estimate of drug-likeness (QED) is 0.166. The molecule has 0 atom stereocenters. The minimum Gasteiger partial charge on any atom is -0.309 e. The maximum Gasteiger partial charge on any atom is 0.238 e. The number of aromatic nitrogens is 5. The Morgan fingerprint density at radius 2 is 0.912 bits per heavy atom. The fourth-order valence-electron chi connectivity index (χ4n) is 12.0. The van der Waals surface area contributed by atoms with Crippen LogP contribution in [0.4, 0.5) is 0 Å².